The molecule has 0 aromatic rings. The van der Waals surface area contributed by atoms with Gasteiger partial charge in [0, 0.05) is 25.2 Å². The van der Waals surface area contributed by atoms with Crippen molar-refractivity contribution in [2.24, 2.45) is 17.1 Å². The normalized spacial score (nSPS) is 35.7. The van der Waals surface area contributed by atoms with E-state index in [0.717, 1.165) is 38.8 Å². The number of nitrogens with zero attached hydrogens (tertiary/aromatic N) is 1. The fourth-order valence-corrected chi connectivity index (χ4v) is 3.71. The van der Waals surface area contributed by atoms with E-state index in [0.29, 0.717) is 5.41 Å². The summed E-state index contributed by atoms with van der Waals surface area (Å²) in [5, 5.41) is 0. The quantitative estimate of drug-likeness (QED) is 0.821. The highest BCUT2D eigenvalue weighted by Crippen LogP contribution is 2.43. The fraction of sp³-hybridized carbons (Fsp3) is 1.00. The van der Waals surface area contributed by atoms with Crippen LogP contribution in [-0.4, -0.2) is 43.3 Å². The van der Waals surface area contributed by atoms with Gasteiger partial charge in [0.25, 0.3) is 0 Å². The molecule has 1 heterocycles. The molecule has 2 aliphatic rings. The van der Waals surface area contributed by atoms with Crippen LogP contribution in [0.5, 0.6) is 0 Å². The third-order valence-corrected chi connectivity index (χ3v) is 5.20. The van der Waals surface area contributed by atoms with Crippen molar-refractivity contribution in [2.45, 2.75) is 52.0 Å². The Bertz CT molecular complexity index is 258. The van der Waals surface area contributed by atoms with Crippen molar-refractivity contribution < 1.29 is 4.74 Å². The predicted molar refractivity (Wildman–Crippen MR) is 75.6 cm³/mol. The molecule has 0 amide bonds. The Morgan fingerprint density at radius 2 is 1.72 bits per heavy atom. The van der Waals surface area contributed by atoms with Crippen molar-refractivity contribution in [1.29, 1.82) is 0 Å². The highest BCUT2D eigenvalue weighted by atomic mass is 16.5. The zero-order valence-corrected chi connectivity index (χ0v) is 12.4. The van der Waals surface area contributed by atoms with Crippen LogP contribution < -0.4 is 5.73 Å². The smallest absolute Gasteiger partial charge is 0.0594 e. The number of ether oxygens (including phenoxy) is 1. The molecule has 0 unspecified atom stereocenters. The average Bonchev–Trinajstić information content (AvgIpc) is 2.39. The van der Waals surface area contributed by atoms with Gasteiger partial charge in [-0.25, -0.2) is 0 Å². The van der Waals surface area contributed by atoms with Gasteiger partial charge in [0.2, 0.25) is 0 Å². The molecule has 0 radical (unpaired) electrons. The lowest BCUT2D eigenvalue weighted by atomic mass is 9.66. The minimum absolute atomic E-state index is 0.269. The van der Waals surface area contributed by atoms with Gasteiger partial charge in [-0.05, 0) is 37.0 Å². The predicted octanol–water partition coefficient (Wildman–Crippen LogP) is 2.25. The lowest BCUT2D eigenvalue weighted by Crippen LogP contribution is -2.59. The molecule has 0 aromatic heterocycles. The van der Waals surface area contributed by atoms with Crippen LogP contribution in [0.3, 0.4) is 0 Å². The van der Waals surface area contributed by atoms with Gasteiger partial charge in [-0.3, -0.25) is 4.90 Å². The molecule has 0 atom stereocenters. The van der Waals surface area contributed by atoms with E-state index in [9.17, 15) is 0 Å². The summed E-state index contributed by atoms with van der Waals surface area (Å²) in [6.45, 7) is 11.8. The zero-order valence-electron chi connectivity index (χ0n) is 12.4. The van der Waals surface area contributed by atoms with Crippen LogP contribution in [0.4, 0.5) is 0 Å². The van der Waals surface area contributed by atoms with Gasteiger partial charge in [0.15, 0.2) is 0 Å². The Morgan fingerprint density at radius 3 is 2.17 bits per heavy atom. The maximum atomic E-state index is 6.14. The Labute approximate surface area is 112 Å². The first kappa shape index (κ1) is 14.3. The molecule has 0 spiro atoms. The molecule has 1 aliphatic carbocycles. The molecule has 3 nitrogen and oxygen atoms in total. The number of hydrogen-bond acceptors (Lipinski definition) is 3. The Kier molecular flexibility index (Phi) is 4.35. The first-order chi connectivity index (χ1) is 8.48. The van der Waals surface area contributed by atoms with E-state index in [-0.39, 0.29) is 5.54 Å². The standard InChI is InChI=1S/C15H30N2O/c1-14(2,3)13-4-6-15(12-16,7-5-13)17-8-10-18-11-9-17/h13H,4-12,16H2,1-3H3. The van der Waals surface area contributed by atoms with Crippen LogP contribution in [0.15, 0.2) is 0 Å². The number of nitrogens with two attached hydrogens (primary N) is 1. The van der Waals surface area contributed by atoms with Crippen molar-refractivity contribution >= 4 is 0 Å². The largest absolute Gasteiger partial charge is 0.379 e. The Morgan fingerprint density at radius 1 is 1.17 bits per heavy atom. The van der Waals surface area contributed by atoms with Crippen LogP contribution in [-0.2, 0) is 4.74 Å². The van der Waals surface area contributed by atoms with E-state index in [4.69, 9.17) is 10.5 Å². The van der Waals surface area contributed by atoms with Crippen molar-refractivity contribution in [3.05, 3.63) is 0 Å². The van der Waals surface area contributed by atoms with E-state index >= 15 is 0 Å². The maximum absolute atomic E-state index is 6.14. The summed E-state index contributed by atoms with van der Waals surface area (Å²) in [5.41, 5.74) is 6.86. The van der Waals surface area contributed by atoms with E-state index < -0.39 is 0 Å². The van der Waals surface area contributed by atoms with Gasteiger partial charge in [0.05, 0.1) is 13.2 Å². The molecule has 2 N–H and O–H groups in total. The number of rotatable bonds is 2. The molecule has 106 valence electrons. The topological polar surface area (TPSA) is 38.5 Å². The van der Waals surface area contributed by atoms with Crippen molar-refractivity contribution in [2.75, 3.05) is 32.8 Å². The Balaban J connectivity index is 1.99. The molecule has 2 rings (SSSR count). The van der Waals surface area contributed by atoms with Gasteiger partial charge in [-0.1, -0.05) is 20.8 Å². The third kappa shape index (κ3) is 2.89. The summed E-state index contributed by atoms with van der Waals surface area (Å²) in [6, 6.07) is 0. The average molecular weight is 254 g/mol. The van der Waals surface area contributed by atoms with Gasteiger partial charge >= 0.3 is 0 Å². The van der Waals surface area contributed by atoms with Gasteiger partial charge in [0.1, 0.15) is 0 Å². The third-order valence-electron chi connectivity index (χ3n) is 5.20. The lowest BCUT2D eigenvalue weighted by molar-refractivity contribution is -0.0455. The molecule has 0 bridgehead atoms. The molecule has 3 heteroatoms. The molecule has 1 aliphatic heterocycles. The summed E-state index contributed by atoms with van der Waals surface area (Å²) in [4.78, 5) is 2.61. The van der Waals surface area contributed by atoms with E-state index in [1.54, 1.807) is 0 Å². The summed E-state index contributed by atoms with van der Waals surface area (Å²) < 4.78 is 5.47. The summed E-state index contributed by atoms with van der Waals surface area (Å²) in [7, 11) is 0. The van der Waals surface area contributed by atoms with Gasteiger partial charge in [-0.15, -0.1) is 0 Å². The molecule has 1 saturated heterocycles. The lowest BCUT2D eigenvalue weighted by Gasteiger charge is -2.50. The van der Waals surface area contributed by atoms with Crippen molar-refractivity contribution in [1.82, 2.24) is 4.90 Å². The van der Waals surface area contributed by atoms with Crippen LogP contribution in [0.2, 0.25) is 0 Å². The first-order valence-corrected chi connectivity index (χ1v) is 7.51. The molecular weight excluding hydrogens is 224 g/mol. The second kappa shape index (κ2) is 5.48. The van der Waals surface area contributed by atoms with Gasteiger partial charge in [-0.2, -0.15) is 0 Å². The van der Waals surface area contributed by atoms with Crippen molar-refractivity contribution in [3.63, 3.8) is 0 Å². The van der Waals surface area contributed by atoms with E-state index in [1.165, 1.54) is 25.7 Å². The highest BCUT2D eigenvalue weighted by Gasteiger charge is 2.41. The summed E-state index contributed by atoms with van der Waals surface area (Å²) in [6.07, 6.45) is 5.20. The molecule has 0 aromatic carbocycles. The first-order valence-electron chi connectivity index (χ1n) is 7.51. The summed E-state index contributed by atoms with van der Waals surface area (Å²) in [5.74, 6) is 0.859. The van der Waals surface area contributed by atoms with E-state index in [2.05, 4.69) is 25.7 Å². The Hall–Kier alpha value is -0.120. The minimum Gasteiger partial charge on any atom is -0.379 e. The van der Waals surface area contributed by atoms with Crippen LogP contribution >= 0.6 is 0 Å². The van der Waals surface area contributed by atoms with Crippen LogP contribution in [0, 0.1) is 11.3 Å². The summed E-state index contributed by atoms with van der Waals surface area (Å²) >= 11 is 0. The monoisotopic (exact) mass is 254 g/mol. The molecule has 2 fully saturated rings. The fourth-order valence-electron chi connectivity index (χ4n) is 3.71. The maximum Gasteiger partial charge on any atom is 0.0594 e. The van der Waals surface area contributed by atoms with Gasteiger partial charge < -0.3 is 10.5 Å². The molecular formula is C15H30N2O. The van der Waals surface area contributed by atoms with E-state index in [1.807, 2.05) is 0 Å². The van der Waals surface area contributed by atoms with Crippen LogP contribution in [0.25, 0.3) is 0 Å². The minimum atomic E-state index is 0.269. The molecule has 18 heavy (non-hydrogen) atoms. The molecule has 1 saturated carbocycles. The SMILES string of the molecule is CC(C)(C)C1CCC(CN)(N2CCOCC2)CC1. The number of hydrogen-bond donors (Lipinski definition) is 1. The van der Waals surface area contributed by atoms with Crippen LogP contribution in [0.1, 0.15) is 46.5 Å². The zero-order chi connectivity index (χ0) is 13.2. The second-order valence-corrected chi connectivity index (χ2v) is 7.17. The number of morpholine rings is 1. The van der Waals surface area contributed by atoms with Crippen molar-refractivity contribution in [3.8, 4) is 0 Å². The second-order valence-electron chi connectivity index (χ2n) is 7.17. The highest BCUT2D eigenvalue weighted by molar-refractivity contribution is 4.98.